The summed E-state index contributed by atoms with van der Waals surface area (Å²) in [4.78, 5) is 50.9. The van der Waals surface area contributed by atoms with E-state index in [2.05, 4.69) is 20.3 Å². The first-order valence-corrected chi connectivity index (χ1v) is 10.6. The molecule has 0 aromatic carbocycles. The number of piperidine rings is 1. The summed E-state index contributed by atoms with van der Waals surface area (Å²) in [6, 6.07) is 3.27. The second-order valence-electron chi connectivity index (χ2n) is 7.79. The lowest BCUT2D eigenvalue weighted by Gasteiger charge is -2.33. The van der Waals surface area contributed by atoms with E-state index in [0.717, 1.165) is 0 Å². The van der Waals surface area contributed by atoms with E-state index in [4.69, 9.17) is 10.1 Å². The number of carbonyl (C=O) groups excluding carboxylic acids is 1. The summed E-state index contributed by atoms with van der Waals surface area (Å²) in [5.41, 5.74) is 1.36. The van der Waals surface area contributed by atoms with Crippen LogP contribution < -0.4 is 16.6 Å². The number of methoxy groups -OCH3 is 1. The number of hydrogen-bond acceptors (Lipinski definition) is 8. The highest BCUT2D eigenvalue weighted by atomic mass is 16.5. The van der Waals surface area contributed by atoms with Gasteiger partial charge in [-0.25, -0.2) is 9.78 Å². The Morgan fingerprint density at radius 3 is 2.76 bits per heavy atom. The number of aromatic amines is 1. The molecule has 3 aromatic heterocycles. The molecule has 1 fully saturated rings. The molecule has 3 N–H and O–H groups in total. The number of pyridine rings is 2. The van der Waals surface area contributed by atoms with Crippen molar-refractivity contribution in [3.8, 4) is 0 Å². The van der Waals surface area contributed by atoms with Gasteiger partial charge in [0.15, 0.2) is 0 Å². The van der Waals surface area contributed by atoms with E-state index < -0.39 is 11.2 Å². The third-order valence-corrected chi connectivity index (χ3v) is 5.81. The molecule has 0 bridgehead atoms. The molecule has 0 radical (unpaired) electrons. The van der Waals surface area contributed by atoms with E-state index in [1.807, 2.05) is 0 Å². The maximum absolute atomic E-state index is 13.0. The number of H-pyrrole nitrogens is 1. The van der Waals surface area contributed by atoms with Gasteiger partial charge in [-0.15, -0.1) is 0 Å². The molecule has 1 saturated heterocycles. The van der Waals surface area contributed by atoms with Gasteiger partial charge in [-0.3, -0.25) is 24.1 Å². The highest BCUT2D eigenvalue weighted by Gasteiger charge is 2.27. The Labute approximate surface area is 188 Å². The van der Waals surface area contributed by atoms with Crippen molar-refractivity contribution < 1.29 is 9.53 Å². The van der Waals surface area contributed by atoms with Crippen LogP contribution in [0.3, 0.4) is 0 Å². The van der Waals surface area contributed by atoms with Crippen LogP contribution in [0.5, 0.6) is 0 Å². The van der Waals surface area contributed by atoms with Gasteiger partial charge in [-0.05, 0) is 25.0 Å². The maximum atomic E-state index is 13.0. The molecule has 4 heterocycles. The van der Waals surface area contributed by atoms with Gasteiger partial charge in [0.05, 0.1) is 22.1 Å². The number of nitrogens with zero attached hydrogens (tertiary/aromatic N) is 4. The van der Waals surface area contributed by atoms with Crippen LogP contribution in [0, 0.1) is 5.41 Å². The monoisotopic (exact) mass is 451 g/mol. The Morgan fingerprint density at radius 1 is 1.33 bits per heavy atom. The molecule has 1 amide bonds. The highest BCUT2D eigenvalue weighted by molar-refractivity contribution is 6.09. The first-order chi connectivity index (χ1) is 16.0. The number of nitrogens with one attached hydrogen (secondary N) is 3. The number of aromatic nitrogens is 4. The summed E-state index contributed by atoms with van der Waals surface area (Å²) in [5, 5.41) is 10.8. The lowest BCUT2D eigenvalue weighted by atomic mass is 10.0. The van der Waals surface area contributed by atoms with Crippen molar-refractivity contribution in [2.45, 2.75) is 18.9 Å². The van der Waals surface area contributed by atoms with Gasteiger partial charge in [0.25, 0.3) is 5.56 Å². The molecule has 3 aromatic rings. The van der Waals surface area contributed by atoms with Crippen molar-refractivity contribution in [3.05, 3.63) is 51.1 Å². The van der Waals surface area contributed by atoms with Crippen molar-refractivity contribution in [2.75, 3.05) is 33.9 Å². The van der Waals surface area contributed by atoms with Crippen LogP contribution >= 0.6 is 0 Å². The lowest BCUT2D eigenvalue weighted by molar-refractivity contribution is -0.136. The van der Waals surface area contributed by atoms with Crippen LogP contribution in [-0.2, 0) is 9.53 Å². The van der Waals surface area contributed by atoms with Crippen LogP contribution in [0.25, 0.3) is 27.5 Å². The molecule has 1 aliphatic heterocycles. The summed E-state index contributed by atoms with van der Waals surface area (Å²) in [6.45, 7) is 0.972. The zero-order chi connectivity index (χ0) is 23.5. The Kier molecular flexibility index (Phi) is 6.31. The Hall–Kier alpha value is -3.86. The largest absolute Gasteiger partial charge is 0.393 e. The minimum atomic E-state index is -0.529. The Morgan fingerprint density at radius 2 is 2.09 bits per heavy atom. The predicted molar refractivity (Wildman–Crippen MR) is 124 cm³/mol. The first kappa shape index (κ1) is 22.3. The third kappa shape index (κ3) is 4.14. The van der Waals surface area contributed by atoms with E-state index >= 15 is 0 Å². The van der Waals surface area contributed by atoms with Crippen molar-refractivity contribution in [1.29, 1.82) is 5.41 Å². The van der Waals surface area contributed by atoms with Crippen LogP contribution in [-0.4, -0.2) is 70.4 Å². The summed E-state index contributed by atoms with van der Waals surface area (Å²) >= 11 is 0. The number of amides is 1. The van der Waals surface area contributed by atoms with E-state index in [-0.39, 0.29) is 23.9 Å². The van der Waals surface area contributed by atoms with Gasteiger partial charge in [0.1, 0.15) is 12.1 Å². The third-order valence-electron chi connectivity index (χ3n) is 5.81. The van der Waals surface area contributed by atoms with Crippen molar-refractivity contribution in [1.82, 2.24) is 29.7 Å². The molecule has 172 valence electrons. The quantitative estimate of drug-likeness (QED) is 0.368. The van der Waals surface area contributed by atoms with Crippen LogP contribution in [0.15, 0.2) is 34.1 Å². The second-order valence-corrected chi connectivity index (χ2v) is 7.79. The Bertz CT molecular complexity index is 1370. The number of allylic oxidation sites excluding steroid dienone is 1. The van der Waals surface area contributed by atoms with E-state index in [1.54, 1.807) is 34.8 Å². The van der Waals surface area contributed by atoms with Gasteiger partial charge in [0, 0.05) is 57.5 Å². The van der Waals surface area contributed by atoms with E-state index in [1.165, 1.54) is 19.5 Å². The van der Waals surface area contributed by atoms with Crippen LogP contribution in [0.2, 0.25) is 0 Å². The maximum Gasteiger partial charge on any atom is 0.329 e. The van der Waals surface area contributed by atoms with Gasteiger partial charge in [-0.2, -0.15) is 0 Å². The molecule has 0 saturated carbocycles. The number of hydrogen-bond donors (Lipinski definition) is 3. The standard InChI is InChI=1S/C22H25N7O4/c1-24-10-13(9-23)16-3-4-17-19(26-16)20-15(11-25-17)21(31)27-22(32)29(20)14-5-7-28(8-6-14)18(30)12-33-2/h3-4,9-11,14,23-24H,5-8,12H2,1-2H3,(H,27,31,32)/b13-10+,23-9?. The van der Waals surface area contributed by atoms with Gasteiger partial charge in [0.2, 0.25) is 5.91 Å². The fourth-order valence-corrected chi connectivity index (χ4v) is 4.23. The normalized spacial score (nSPS) is 15.2. The molecular weight excluding hydrogens is 426 g/mol. The number of rotatable bonds is 6. The fourth-order valence-electron chi connectivity index (χ4n) is 4.23. The average Bonchev–Trinajstić information content (AvgIpc) is 2.82. The molecule has 4 rings (SSSR count). The number of likely N-dealkylation sites (tertiary alicyclic amines) is 1. The smallest absolute Gasteiger partial charge is 0.329 e. The highest BCUT2D eigenvalue weighted by Crippen LogP contribution is 2.27. The topological polar surface area (TPSA) is 146 Å². The number of ether oxygens (including phenoxy) is 1. The molecule has 0 unspecified atom stereocenters. The molecule has 1 aliphatic rings. The van der Waals surface area contributed by atoms with Gasteiger partial charge in [-0.1, -0.05) is 0 Å². The van der Waals surface area contributed by atoms with E-state index in [0.29, 0.717) is 53.7 Å². The summed E-state index contributed by atoms with van der Waals surface area (Å²) < 4.78 is 6.51. The number of carbonyl (C=O) groups is 1. The van der Waals surface area contributed by atoms with Crippen molar-refractivity contribution in [3.63, 3.8) is 0 Å². The summed E-state index contributed by atoms with van der Waals surface area (Å²) in [6.07, 6.45) is 5.37. The minimum Gasteiger partial charge on any atom is -0.393 e. The lowest BCUT2D eigenvalue weighted by Crippen LogP contribution is -2.43. The van der Waals surface area contributed by atoms with Crippen molar-refractivity contribution in [2.24, 2.45) is 0 Å². The molecule has 0 aliphatic carbocycles. The molecule has 33 heavy (non-hydrogen) atoms. The zero-order valence-corrected chi connectivity index (χ0v) is 18.4. The molecule has 11 nitrogen and oxygen atoms in total. The van der Waals surface area contributed by atoms with Gasteiger partial charge >= 0.3 is 5.69 Å². The molecular formula is C22H25N7O4. The first-order valence-electron chi connectivity index (χ1n) is 10.6. The van der Waals surface area contributed by atoms with Crippen molar-refractivity contribution >= 4 is 39.6 Å². The van der Waals surface area contributed by atoms with Crippen LogP contribution in [0.4, 0.5) is 0 Å². The summed E-state index contributed by atoms with van der Waals surface area (Å²) in [5.74, 6) is -0.0916. The predicted octanol–water partition coefficient (Wildman–Crippen LogP) is 0.653. The zero-order valence-electron chi connectivity index (χ0n) is 18.4. The summed E-state index contributed by atoms with van der Waals surface area (Å²) in [7, 11) is 3.20. The van der Waals surface area contributed by atoms with E-state index in [9.17, 15) is 14.4 Å². The molecule has 0 atom stereocenters. The van der Waals surface area contributed by atoms with Crippen LogP contribution in [0.1, 0.15) is 24.6 Å². The Balaban J connectivity index is 1.88. The second kappa shape index (κ2) is 9.33. The minimum absolute atomic E-state index is 0.0185. The average molecular weight is 451 g/mol. The number of fused-ring (bicyclic) bond motifs is 3. The van der Waals surface area contributed by atoms with Gasteiger partial charge < -0.3 is 20.4 Å². The fraction of sp³-hybridized carbons (Fsp3) is 0.364. The SMILES string of the molecule is CN/C=C(\C=N)c1ccc2ncc3c(=O)[nH]c(=O)n(C4CCN(C(=O)COC)CC4)c3c2n1. The molecule has 0 spiro atoms. The molecule has 11 heteroatoms.